The van der Waals surface area contributed by atoms with E-state index in [1.165, 1.54) is 11.3 Å². The third-order valence-corrected chi connectivity index (χ3v) is 4.61. The predicted octanol–water partition coefficient (Wildman–Crippen LogP) is 2.40. The van der Waals surface area contributed by atoms with Crippen LogP contribution in [0.3, 0.4) is 0 Å². The van der Waals surface area contributed by atoms with Crippen LogP contribution in [0.5, 0.6) is 0 Å². The fourth-order valence-corrected chi connectivity index (χ4v) is 3.46. The van der Waals surface area contributed by atoms with E-state index in [0.29, 0.717) is 11.5 Å². The molecule has 1 aromatic heterocycles. The number of rotatable bonds is 4. The number of aromatic nitrogens is 1. The molecule has 6 heteroatoms. The van der Waals surface area contributed by atoms with Gasteiger partial charge in [-0.15, -0.1) is 0 Å². The van der Waals surface area contributed by atoms with Gasteiger partial charge < -0.3 is 15.0 Å². The first kappa shape index (κ1) is 15.0. The molecule has 3 rings (SSSR count). The molecule has 22 heavy (non-hydrogen) atoms. The summed E-state index contributed by atoms with van der Waals surface area (Å²) in [6.07, 6.45) is 0. The van der Waals surface area contributed by atoms with Gasteiger partial charge in [-0.05, 0) is 6.92 Å². The zero-order valence-electron chi connectivity index (χ0n) is 12.5. The van der Waals surface area contributed by atoms with E-state index in [1.54, 1.807) is 0 Å². The summed E-state index contributed by atoms with van der Waals surface area (Å²) in [6, 6.07) is 9.80. The second-order valence-electron chi connectivity index (χ2n) is 5.00. The van der Waals surface area contributed by atoms with E-state index in [0.717, 1.165) is 42.6 Å². The van der Waals surface area contributed by atoms with Crippen molar-refractivity contribution in [2.75, 3.05) is 37.7 Å². The minimum absolute atomic E-state index is 0.291. The number of hydrogen-bond donors (Lipinski definition) is 1. The first-order valence-corrected chi connectivity index (χ1v) is 8.30. The Bertz CT molecular complexity index is 636. The van der Waals surface area contributed by atoms with Gasteiger partial charge in [0, 0.05) is 31.7 Å². The highest BCUT2D eigenvalue weighted by Gasteiger charge is 2.23. The van der Waals surface area contributed by atoms with Crippen molar-refractivity contribution in [1.29, 1.82) is 0 Å². The Kier molecular flexibility index (Phi) is 4.70. The van der Waals surface area contributed by atoms with Crippen molar-refractivity contribution in [3.05, 3.63) is 35.2 Å². The molecule has 1 aromatic carbocycles. The lowest BCUT2D eigenvalue weighted by Gasteiger charge is -2.26. The van der Waals surface area contributed by atoms with Crippen LogP contribution in [-0.2, 0) is 4.74 Å². The molecule has 0 radical (unpaired) electrons. The van der Waals surface area contributed by atoms with Gasteiger partial charge in [-0.1, -0.05) is 41.7 Å². The molecule has 116 valence electrons. The molecular formula is C16H19N3O2S. The van der Waals surface area contributed by atoms with E-state index in [1.807, 2.05) is 37.3 Å². The maximum atomic E-state index is 12.3. The first-order chi connectivity index (χ1) is 10.8. The zero-order valence-corrected chi connectivity index (χ0v) is 13.4. The van der Waals surface area contributed by atoms with Crippen LogP contribution in [0.25, 0.3) is 11.3 Å². The summed E-state index contributed by atoms with van der Waals surface area (Å²) >= 11 is 1.42. The lowest BCUT2D eigenvalue weighted by Crippen LogP contribution is -2.43. The number of piperazine rings is 1. The van der Waals surface area contributed by atoms with Crippen molar-refractivity contribution < 1.29 is 9.53 Å². The number of esters is 1. The standard InChI is InChI=1S/C16H19N3O2S/c1-2-21-15(20)14-13(12-6-4-3-5-7-12)18-16(22-14)19-10-8-17-9-11-19/h3-7,17H,2,8-11H2,1H3. The van der Waals surface area contributed by atoms with E-state index in [9.17, 15) is 4.79 Å². The Hall–Kier alpha value is -1.92. The van der Waals surface area contributed by atoms with Gasteiger partial charge >= 0.3 is 5.97 Å². The molecule has 2 aromatic rings. The quantitative estimate of drug-likeness (QED) is 0.878. The molecule has 0 spiro atoms. The second-order valence-corrected chi connectivity index (χ2v) is 5.98. The molecule has 2 heterocycles. The molecule has 0 saturated carbocycles. The van der Waals surface area contributed by atoms with Gasteiger partial charge in [-0.3, -0.25) is 0 Å². The Balaban J connectivity index is 1.98. The number of anilines is 1. The monoisotopic (exact) mass is 317 g/mol. The average Bonchev–Trinajstić information content (AvgIpc) is 3.02. The van der Waals surface area contributed by atoms with Crippen LogP contribution >= 0.6 is 11.3 Å². The molecule has 0 amide bonds. The Morgan fingerprint density at radius 3 is 2.73 bits per heavy atom. The van der Waals surface area contributed by atoms with Gasteiger partial charge in [0.2, 0.25) is 0 Å². The number of nitrogens with one attached hydrogen (secondary N) is 1. The first-order valence-electron chi connectivity index (χ1n) is 7.48. The molecule has 0 bridgehead atoms. The maximum absolute atomic E-state index is 12.3. The van der Waals surface area contributed by atoms with Crippen molar-refractivity contribution in [3.8, 4) is 11.3 Å². The van der Waals surface area contributed by atoms with Crippen LogP contribution in [0.2, 0.25) is 0 Å². The Morgan fingerprint density at radius 2 is 2.05 bits per heavy atom. The summed E-state index contributed by atoms with van der Waals surface area (Å²) in [6.45, 7) is 5.88. The van der Waals surface area contributed by atoms with Gasteiger partial charge in [0.15, 0.2) is 5.13 Å². The number of ether oxygens (including phenoxy) is 1. The van der Waals surface area contributed by atoms with Gasteiger partial charge in [0.1, 0.15) is 4.88 Å². The Labute approximate surface area is 133 Å². The fourth-order valence-electron chi connectivity index (χ4n) is 2.43. The summed E-state index contributed by atoms with van der Waals surface area (Å²) in [5.74, 6) is -0.291. The lowest BCUT2D eigenvalue weighted by molar-refractivity contribution is 0.0532. The van der Waals surface area contributed by atoms with E-state index >= 15 is 0 Å². The van der Waals surface area contributed by atoms with Gasteiger partial charge in [-0.25, -0.2) is 9.78 Å². The molecular weight excluding hydrogens is 298 g/mol. The number of benzene rings is 1. The fraction of sp³-hybridized carbons (Fsp3) is 0.375. The SMILES string of the molecule is CCOC(=O)c1sc(N2CCNCC2)nc1-c1ccccc1. The topological polar surface area (TPSA) is 54.5 Å². The maximum Gasteiger partial charge on any atom is 0.350 e. The minimum Gasteiger partial charge on any atom is -0.462 e. The van der Waals surface area contributed by atoms with Gasteiger partial charge in [-0.2, -0.15) is 0 Å². The van der Waals surface area contributed by atoms with E-state index in [4.69, 9.17) is 9.72 Å². The van der Waals surface area contributed by atoms with E-state index in [2.05, 4.69) is 10.2 Å². The van der Waals surface area contributed by atoms with Crippen molar-refractivity contribution in [1.82, 2.24) is 10.3 Å². The molecule has 1 saturated heterocycles. The van der Waals surface area contributed by atoms with E-state index < -0.39 is 0 Å². The summed E-state index contributed by atoms with van der Waals surface area (Å²) in [5, 5.41) is 4.22. The van der Waals surface area contributed by atoms with Crippen LogP contribution in [0.15, 0.2) is 30.3 Å². The molecule has 1 aliphatic rings. The van der Waals surface area contributed by atoms with Crippen LogP contribution < -0.4 is 10.2 Å². The van der Waals surface area contributed by atoms with Crippen LogP contribution in [0, 0.1) is 0 Å². The molecule has 0 aliphatic carbocycles. The summed E-state index contributed by atoms with van der Waals surface area (Å²) in [5.41, 5.74) is 1.67. The Morgan fingerprint density at radius 1 is 1.32 bits per heavy atom. The molecule has 5 nitrogen and oxygen atoms in total. The van der Waals surface area contributed by atoms with Crippen LogP contribution in [-0.4, -0.2) is 43.7 Å². The molecule has 0 unspecified atom stereocenters. The summed E-state index contributed by atoms with van der Waals surface area (Å²) in [7, 11) is 0. The zero-order chi connectivity index (χ0) is 15.4. The van der Waals surface area contributed by atoms with Crippen molar-refractivity contribution in [2.45, 2.75) is 6.92 Å². The number of carbonyl (C=O) groups excluding carboxylic acids is 1. The highest BCUT2D eigenvalue weighted by atomic mass is 32.1. The normalized spacial score (nSPS) is 14.9. The van der Waals surface area contributed by atoms with Crippen molar-refractivity contribution in [2.24, 2.45) is 0 Å². The smallest absolute Gasteiger partial charge is 0.350 e. The van der Waals surface area contributed by atoms with E-state index in [-0.39, 0.29) is 5.97 Å². The largest absolute Gasteiger partial charge is 0.462 e. The van der Waals surface area contributed by atoms with Gasteiger partial charge in [0.25, 0.3) is 0 Å². The highest BCUT2D eigenvalue weighted by Crippen LogP contribution is 2.33. The van der Waals surface area contributed by atoms with Crippen LogP contribution in [0.4, 0.5) is 5.13 Å². The molecule has 1 fully saturated rings. The molecule has 1 aliphatic heterocycles. The number of thiazole rings is 1. The van der Waals surface area contributed by atoms with Crippen molar-refractivity contribution >= 4 is 22.4 Å². The lowest BCUT2D eigenvalue weighted by atomic mass is 10.1. The molecule has 0 atom stereocenters. The van der Waals surface area contributed by atoms with Gasteiger partial charge in [0.05, 0.1) is 12.3 Å². The third-order valence-electron chi connectivity index (χ3n) is 3.51. The molecule has 1 N–H and O–H groups in total. The number of carbonyl (C=O) groups is 1. The predicted molar refractivity (Wildman–Crippen MR) is 88.6 cm³/mol. The minimum atomic E-state index is -0.291. The summed E-state index contributed by atoms with van der Waals surface area (Å²) in [4.78, 5) is 19.8. The average molecular weight is 317 g/mol. The number of nitrogens with zero attached hydrogens (tertiary/aromatic N) is 2. The second kappa shape index (κ2) is 6.89. The number of hydrogen-bond acceptors (Lipinski definition) is 6. The highest BCUT2D eigenvalue weighted by molar-refractivity contribution is 7.17. The van der Waals surface area contributed by atoms with Crippen molar-refractivity contribution in [3.63, 3.8) is 0 Å². The summed E-state index contributed by atoms with van der Waals surface area (Å²) < 4.78 is 5.19. The third kappa shape index (κ3) is 3.13. The van der Waals surface area contributed by atoms with Crippen LogP contribution in [0.1, 0.15) is 16.6 Å².